The molecule has 0 aliphatic heterocycles. The summed E-state index contributed by atoms with van der Waals surface area (Å²) in [4.78, 5) is 6.70. The minimum atomic E-state index is 0.356. The maximum atomic E-state index is 5.62. The summed E-state index contributed by atoms with van der Waals surface area (Å²) in [5.74, 6) is 0. The van der Waals surface area contributed by atoms with Crippen molar-refractivity contribution < 1.29 is 0 Å². The van der Waals surface area contributed by atoms with E-state index < -0.39 is 0 Å². The molecule has 3 nitrogen and oxygen atoms in total. The van der Waals surface area contributed by atoms with Gasteiger partial charge in [0.25, 0.3) is 0 Å². The van der Waals surface area contributed by atoms with E-state index in [9.17, 15) is 0 Å². The second-order valence-corrected chi connectivity index (χ2v) is 3.95. The van der Waals surface area contributed by atoms with Gasteiger partial charge in [0, 0.05) is 19.8 Å². The van der Waals surface area contributed by atoms with Crippen LogP contribution in [0.2, 0.25) is 0 Å². The number of pyridine rings is 1. The minimum absolute atomic E-state index is 0.356. The maximum Gasteiger partial charge on any atom is 0.124 e. The zero-order valence-electron chi connectivity index (χ0n) is 9.23. The number of hydrogen-bond acceptors (Lipinski definition) is 3. The van der Waals surface area contributed by atoms with Gasteiger partial charge in [-0.05, 0) is 18.6 Å². The lowest BCUT2D eigenvalue weighted by Crippen LogP contribution is -2.23. The highest BCUT2D eigenvalue weighted by molar-refractivity contribution is 7.80. The van der Waals surface area contributed by atoms with Crippen LogP contribution in [-0.4, -0.2) is 23.6 Å². The molecule has 0 aliphatic carbocycles. The molecule has 0 aromatic carbocycles. The smallest absolute Gasteiger partial charge is 0.124 e. The van der Waals surface area contributed by atoms with Gasteiger partial charge in [0.15, 0.2) is 0 Å². The highest BCUT2D eigenvalue weighted by Gasteiger charge is 2.09. The van der Waals surface area contributed by atoms with Crippen molar-refractivity contribution in [1.82, 2.24) is 4.98 Å². The Kier molecular flexibility index (Phi) is 4.49. The third-order valence-corrected chi connectivity index (χ3v) is 2.47. The van der Waals surface area contributed by atoms with E-state index in [0.717, 1.165) is 18.7 Å². The van der Waals surface area contributed by atoms with Gasteiger partial charge in [-0.25, -0.2) is 0 Å². The Labute approximate surface area is 96.3 Å². The van der Waals surface area contributed by atoms with Gasteiger partial charge in [0.05, 0.1) is 5.69 Å². The van der Waals surface area contributed by atoms with Crippen molar-refractivity contribution >= 4 is 22.9 Å². The largest absolute Gasteiger partial charge is 0.388 e. The molecule has 0 fully saturated rings. The average Bonchev–Trinajstić information content (AvgIpc) is 2.25. The molecular formula is C11H17N3S. The lowest BCUT2D eigenvalue weighted by molar-refractivity contribution is 0.765. The topological polar surface area (TPSA) is 42.2 Å². The van der Waals surface area contributed by atoms with Gasteiger partial charge >= 0.3 is 0 Å². The molecule has 0 spiro atoms. The summed E-state index contributed by atoms with van der Waals surface area (Å²) in [6.07, 6.45) is 4.04. The summed E-state index contributed by atoms with van der Waals surface area (Å²) in [5, 5.41) is 0. The molecule has 0 aliphatic rings. The van der Waals surface area contributed by atoms with Crippen LogP contribution in [0.1, 0.15) is 25.5 Å². The number of nitrogens with two attached hydrogens (primary N) is 1. The van der Waals surface area contributed by atoms with E-state index >= 15 is 0 Å². The summed E-state index contributed by atoms with van der Waals surface area (Å²) < 4.78 is 0. The Hall–Kier alpha value is -1.16. The molecule has 0 saturated carbocycles. The highest BCUT2D eigenvalue weighted by atomic mass is 32.1. The fraction of sp³-hybridized carbons (Fsp3) is 0.455. The van der Waals surface area contributed by atoms with Crippen LogP contribution in [0.4, 0.5) is 5.69 Å². The Morgan fingerprint density at radius 3 is 2.93 bits per heavy atom. The fourth-order valence-electron chi connectivity index (χ4n) is 1.41. The number of aromatic nitrogens is 1. The van der Waals surface area contributed by atoms with Crippen molar-refractivity contribution in [3.05, 3.63) is 24.0 Å². The molecule has 1 aromatic rings. The van der Waals surface area contributed by atoms with Gasteiger partial charge < -0.3 is 10.6 Å². The third kappa shape index (κ3) is 3.16. The van der Waals surface area contributed by atoms with Crippen molar-refractivity contribution in [2.75, 3.05) is 18.5 Å². The van der Waals surface area contributed by atoms with Crippen LogP contribution in [0.15, 0.2) is 18.3 Å². The predicted octanol–water partition coefficient (Wildman–Crippen LogP) is 1.95. The number of thiocarbonyl (C=S) groups is 1. The second kappa shape index (κ2) is 5.66. The zero-order valence-corrected chi connectivity index (χ0v) is 10.0. The molecule has 2 N–H and O–H groups in total. The van der Waals surface area contributed by atoms with Crippen LogP contribution in [-0.2, 0) is 0 Å². The van der Waals surface area contributed by atoms with Gasteiger partial charge in [-0.15, -0.1) is 0 Å². The normalized spacial score (nSPS) is 10.0. The first-order chi connectivity index (χ1) is 7.16. The highest BCUT2D eigenvalue weighted by Crippen LogP contribution is 2.16. The molecule has 0 unspecified atom stereocenters. The first-order valence-electron chi connectivity index (χ1n) is 5.12. The molecule has 82 valence electrons. The van der Waals surface area contributed by atoms with Crippen molar-refractivity contribution in [3.8, 4) is 0 Å². The molecule has 1 heterocycles. The van der Waals surface area contributed by atoms with E-state index in [1.54, 1.807) is 6.20 Å². The van der Waals surface area contributed by atoms with E-state index in [1.807, 2.05) is 19.2 Å². The number of unbranched alkanes of at least 4 members (excludes halogenated alkanes) is 1. The average molecular weight is 223 g/mol. The van der Waals surface area contributed by atoms with Gasteiger partial charge in [0.2, 0.25) is 0 Å². The molecule has 15 heavy (non-hydrogen) atoms. The summed E-state index contributed by atoms with van der Waals surface area (Å²) in [7, 11) is 2.04. The standard InChI is InChI=1S/C11H17N3S/c1-3-4-8-14(2)9-6-5-7-13-10(9)11(12)15/h5-7H,3-4,8H2,1-2H3,(H2,12,15). The minimum Gasteiger partial charge on any atom is -0.388 e. The number of hydrogen-bond donors (Lipinski definition) is 1. The van der Waals surface area contributed by atoms with Gasteiger partial charge in [-0.1, -0.05) is 25.6 Å². The Balaban J connectivity index is 2.87. The Morgan fingerprint density at radius 2 is 2.33 bits per heavy atom. The lowest BCUT2D eigenvalue weighted by Gasteiger charge is -2.20. The quantitative estimate of drug-likeness (QED) is 0.775. The van der Waals surface area contributed by atoms with Crippen LogP contribution in [0.3, 0.4) is 0 Å². The molecule has 0 radical (unpaired) electrons. The van der Waals surface area contributed by atoms with Crippen LogP contribution in [0.25, 0.3) is 0 Å². The van der Waals surface area contributed by atoms with Crippen molar-refractivity contribution in [2.45, 2.75) is 19.8 Å². The number of anilines is 1. The Bertz CT molecular complexity index is 338. The van der Waals surface area contributed by atoms with Crippen molar-refractivity contribution in [3.63, 3.8) is 0 Å². The van der Waals surface area contributed by atoms with Gasteiger partial charge in [0.1, 0.15) is 10.7 Å². The summed E-state index contributed by atoms with van der Waals surface area (Å²) in [6.45, 7) is 3.17. The molecule has 0 atom stereocenters. The van der Waals surface area contributed by atoms with E-state index in [1.165, 1.54) is 6.42 Å². The molecule has 1 aromatic heterocycles. The summed E-state index contributed by atoms with van der Waals surface area (Å²) >= 11 is 4.97. The van der Waals surface area contributed by atoms with Crippen LogP contribution in [0.5, 0.6) is 0 Å². The van der Waals surface area contributed by atoms with Crippen LogP contribution >= 0.6 is 12.2 Å². The summed E-state index contributed by atoms with van der Waals surface area (Å²) in [5.41, 5.74) is 7.35. The van der Waals surface area contributed by atoms with Gasteiger partial charge in [-0.2, -0.15) is 0 Å². The monoisotopic (exact) mass is 223 g/mol. The maximum absolute atomic E-state index is 5.62. The van der Waals surface area contributed by atoms with Crippen LogP contribution < -0.4 is 10.6 Å². The second-order valence-electron chi connectivity index (χ2n) is 3.51. The number of rotatable bonds is 5. The first-order valence-corrected chi connectivity index (χ1v) is 5.53. The van der Waals surface area contributed by atoms with Crippen molar-refractivity contribution in [1.29, 1.82) is 0 Å². The predicted molar refractivity (Wildman–Crippen MR) is 68.3 cm³/mol. The zero-order chi connectivity index (χ0) is 11.3. The van der Waals surface area contributed by atoms with E-state index in [-0.39, 0.29) is 0 Å². The SMILES string of the molecule is CCCCN(C)c1cccnc1C(N)=S. The van der Waals surface area contributed by atoms with Gasteiger partial charge in [-0.3, -0.25) is 4.98 Å². The van der Waals surface area contributed by atoms with E-state index in [0.29, 0.717) is 10.7 Å². The molecule has 4 heteroatoms. The van der Waals surface area contributed by atoms with Crippen LogP contribution in [0, 0.1) is 0 Å². The number of nitrogens with zero attached hydrogens (tertiary/aromatic N) is 2. The molecule has 1 rings (SSSR count). The Morgan fingerprint density at radius 1 is 1.60 bits per heavy atom. The third-order valence-electron chi connectivity index (χ3n) is 2.28. The molecule has 0 amide bonds. The lowest BCUT2D eigenvalue weighted by atomic mass is 10.2. The summed E-state index contributed by atoms with van der Waals surface area (Å²) in [6, 6.07) is 3.90. The molecule has 0 bridgehead atoms. The van der Waals surface area contributed by atoms with E-state index in [2.05, 4.69) is 16.8 Å². The fourth-order valence-corrected chi connectivity index (χ4v) is 1.57. The molecule has 0 saturated heterocycles. The van der Waals surface area contributed by atoms with Crippen molar-refractivity contribution in [2.24, 2.45) is 5.73 Å². The van der Waals surface area contributed by atoms with E-state index in [4.69, 9.17) is 18.0 Å². The molecular weight excluding hydrogens is 206 g/mol. The first kappa shape index (κ1) is 11.9.